The minimum absolute atomic E-state index is 0.111. The highest BCUT2D eigenvalue weighted by Crippen LogP contribution is 2.23. The van der Waals surface area contributed by atoms with Crippen molar-refractivity contribution in [3.8, 4) is 5.75 Å². The Morgan fingerprint density at radius 1 is 1.29 bits per heavy atom. The van der Waals surface area contributed by atoms with Gasteiger partial charge in [0.05, 0.1) is 17.3 Å². The van der Waals surface area contributed by atoms with Crippen LogP contribution in [0, 0.1) is 0 Å². The van der Waals surface area contributed by atoms with E-state index >= 15 is 0 Å². The smallest absolute Gasteiger partial charge is 0.251 e. The van der Waals surface area contributed by atoms with E-state index in [-0.39, 0.29) is 18.0 Å². The van der Waals surface area contributed by atoms with E-state index in [9.17, 15) is 9.59 Å². The SMILES string of the molecule is CCOc1ccccc1NC(=O)Cn1cc(Cl)ccc1=O. The fourth-order valence-electron chi connectivity index (χ4n) is 1.82. The van der Waals surface area contributed by atoms with E-state index in [1.54, 1.807) is 18.2 Å². The summed E-state index contributed by atoms with van der Waals surface area (Å²) in [6.45, 7) is 2.25. The maximum Gasteiger partial charge on any atom is 0.251 e. The van der Waals surface area contributed by atoms with Crippen molar-refractivity contribution in [1.29, 1.82) is 0 Å². The summed E-state index contributed by atoms with van der Waals surface area (Å²) in [6.07, 6.45) is 1.43. The maximum atomic E-state index is 12.0. The van der Waals surface area contributed by atoms with Crippen LogP contribution in [-0.2, 0) is 11.3 Å². The molecule has 0 unspecified atom stereocenters. The number of para-hydroxylation sites is 2. The van der Waals surface area contributed by atoms with E-state index in [2.05, 4.69) is 5.32 Å². The molecule has 1 aromatic heterocycles. The van der Waals surface area contributed by atoms with Crippen LogP contribution >= 0.6 is 11.6 Å². The van der Waals surface area contributed by atoms with Crippen LogP contribution in [0.3, 0.4) is 0 Å². The summed E-state index contributed by atoms with van der Waals surface area (Å²) in [7, 11) is 0. The Hall–Kier alpha value is -2.27. The van der Waals surface area contributed by atoms with Gasteiger partial charge in [-0.2, -0.15) is 0 Å². The van der Waals surface area contributed by atoms with Crippen LogP contribution in [0.15, 0.2) is 47.4 Å². The zero-order valence-electron chi connectivity index (χ0n) is 11.5. The Morgan fingerprint density at radius 2 is 2.05 bits per heavy atom. The first-order chi connectivity index (χ1) is 10.1. The van der Waals surface area contributed by atoms with E-state index < -0.39 is 0 Å². The zero-order valence-corrected chi connectivity index (χ0v) is 12.3. The van der Waals surface area contributed by atoms with E-state index in [1.165, 1.54) is 22.9 Å². The third kappa shape index (κ3) is 4.10. The number of amides is 1. The van der Waals surface area contributed by atoms with Gasteiger partial charge in [0.15, 0.2) is 0 Å². The molecule has 2 rings (SSSR count). The molecule has 0 saturated carbocycles. The quantitative estimate of drug-likeness (QED) is 0.923. The Kier molecular flexibility index (Phi) is 5.00. The molecule has 1 amide bonds. The van der Waals surface area contributed by atoms with E-state index in [4.69, 9.17) is 16.3 Å². The molecule has 0 radical (unpaired) electrons. The standard InChI is InChI=1S/C15H15ClN2O3/c1-2-21-13-6-4-3-5-12(13)17-14(19)10-18-9-11(16)7-8-15(18)20/h3-9H,2,10H2,1H3,(H,17,19). The van der Waals surface area contributed by atoms with Gasteiger partial charge in [0, 0.05) is 12.3 Å². The lowest BCUT2D eigenvalue weighted by molar-refractivity contribution is -0.116. The van der Waals surface area contributed by atoms with Gasteiger partial charge in [-0.3, -0.25) is 9.59 Å². The number of carbonyl (C=O) groups excluding carboxylic acids is 1. The second-order valence-electron chi connectivity index (χ2n) is 4.29. The number of hydrogen-bond acceptors (Lipinski definition) is 3. The number of pyridine rings is 1. The van der Waals surface area contributed by atoms with Crippen LogP contribution in [0.1, 0.15) is 6.92 Å². The largest absolute Gasteiger partial charge is 0.492 e. The predicted molar refractivity (Wildman–Crippen MR) is 82.0 cm³/mol. The van der Waals surface area contributed by atoms with Crippen molar-refractivity contribution in [2.45, 2.75) is 13.5 Å². The van der Waals surface area contributed by atoms with Crippen LogP contribution < -0.4 is 15.6 Å². The van der Waals surface area contributed by atoms with Gasteiger partial charge in [-0.15, -0.1) is 0 Å². The van der Waals surface area contributed by atoms with Gasteiger partial charge in [-0.1, -0.05) is 23.7 Å². The number of aromatic nitrogens is 1. The first-order valence-corrected chi connectivity index (χ1v) is 6.85. The highest BCUT2D eigenvalue weighted by atomic mass is 35.5. The van der Waals surface area contributed by atoms with Crippen LogP contribution in [-0.4, -0.2) is 17.1 Å². The average Bonchev–Trinajstić information content (AvgIpc) is 2.45. The molecule has 5 nitrogen and oxygen atoms in total. The molecule has 6 heteroatoms. The number of hydrogen-bond donors (Lipinski definition) is 1. The fourth-order valence-corrected chi connectivity index (χ4v) is 2.00. The lowest BCUT2D eigenvalue weighted by Gasteiger charge is -2.12. The van der Waals surface area contributed by atoms with Crippen molar-refractivity contribution in [3.63, 3.8) is 0 Å². The molecule has 1 aromatic carbocycles. The number of benzene rings is 1. The molecule has 1 N–H and O–H groups in total. The fraction of sp³-hybridized carbons (Fsp3) is 0.200. The van der Waals surface area contributed by atoms with Crippen molar-refractivity contribution in [2.24, 2.45) is 0 Å². The molecule has 0 aliphatic heterocycles. The predicted octanol–water partition coefficient (Wildman–Crippen LogP) is 2.54. The molecule has 2 aromatic rings. The number of halogens is 1. The average molecular weight is 307 g/mol. The van der Waals surface area contributed by atoms with Crippen molar-refractivity contribution in [3.05, 3.63) is 58.0 Å². The van der Waals surface area contributed by atoms with Crippen molar-refractivity contribution < 1.29 is 9.53 Å². The summed E-state index contributed by atoms with van der Waals surface area (Å²) in [5.41, 5.74) is 0.284. The molecule has 0 fully saturated rings. The monoisotopic (exact) mass is 306 g/mol. The molecule has 110 valence electrons. The van der Waals surface area contributed by atoms with Crippen molar-refractivity contribution in [1.82, 2.24) is 4.57 Å². The van der Waals surface area contributed by atoms with Crippen molar-refractivity contribution in [2.75, 3.05) is 11.9 Å². The number of nitrogens with one attached hydrogen (secondary N) is 1. The van der Waals surface area contributed by atoms with Crippen LogP contribution in [0.4, 0.5) is 5.69 Å². The number of anilines is 1. The molecule has 0 spiro atoms. The molecule has 1 heterocycles. The summed E-state index contributed by atoms with van der Waals surface area (Å²) < 4.78 is 6.68. The Labute approximate surface area is 127 Å². The van der Waals surface area contributed by atoms with Crippen LogP contribution in [0.2, 0.25) is 5.02 Å². The second-order valence-corrected chi connectivity index (χ2v) is 4.73. The van der Waals surface area contributed by atoms with E-state index in [0.717, 1.165) is 0 Å². The number of rotatable bonds is 5. The minimum atomic E-state index is -0.327. The second kappa shape index (κ2) is 6.95. The van der Waals surface area contributed by atoms with Gasteiger partial charge in [-0.25, -0.2) is 0 Å². The number of carbonyl (C=O) groups is 1. The van der Waals surface area contributed by atoms with Crippen molar-refractivity contribution >= 4 is 23.2 Å². The number of ether oxygens (including phenoxy) is 1. The van der Waals surface area contributed by atoms with Gasteiger partial charge in [0.2, 0.25) is 5.91 Å². The third-order valence-electron chi connectivity index (χ3n) is 2.72. The maximum absolute atomic E-state index is 12.0. The molecule has 0 aliphatic carbocycles. The first-order valence-electron chi connectivity index (χ1n) is 6.48. The van der Waals surface area contributed by atoms with Gasteiger partial charge < -0.3 is 14.6 Å². The lowest BCUT2D eigenvalue weighted by Crippen LogP contribution is -2.26. The molecular formula is C15H15ClN2O3. The third-order valence-corrected chi connectivity index (χ3v) is 2.95. The van der Waals surface area contributed by atoms with Gasteiger partial charge in [0.25, 0.3) is 5.56 Å². The Balaban J connectivity index is 2.12. The summed E-state index contributed by atoms with van der Waals surface area (Å²) >= 11 is 5.82. The first kappa shape index (κ1) is 15.1. The van der Waals surface area contributed by atoms with Crippen LogP contribution in [0.25, 0.3) is 0 Å². The summed E-state index contributed by atoms with van der Waals surface area (Å²) in [4.78, 5) is 23.7. The summed E-state index contributed by atoms with van der Waals surface area (Å²) in [5, 5.41) is 3.12. The molecule has 0 aliphatic rings. The molecule has 0 saturated heterocycles. The van der Waals surface area contributed by atoms with E-state index in [1.807, 2.05) is 13.0 Å². The molecule has 21 heavy (non-hydrogen) atoms. The van der Waals surface area contributed by atoms with Gasteiger partial charge >= 0.3 is 0 Å². The van der Waals surface area contributed by atoms with Gasteiger partial charge in [-0.05, 0) is 25.1 Å². The normalized spacial score (nSPS) is 10.2. The Bertz CT molecular complexity index is 697. The van der Waals surface area contributed by atoms with Crippen LogP contribution in [0.5, 0.6) is 5.75 Å². The van der Waals surface area contributed by atoms with Gasteiger partial charge in [0.1, 0.15) is 12.3 Å². The summed E-state index contributed by atoms with van der Waals surface area (Å²) in [6, 6.07) is 9.94. The minimum Gasteiger partial charge on any atom is -0.492 e. The topological polar surface area (TPSA) is 60.3 Å². The molecular weight excluding hydrogens is 292 g/mol. The Morgan fingerprint density at radius 3 is 2.81 bits per heavy atom. The zero-order chi connectivity index (χ0) is 15.2. The molecule has 0 atom stereocenters. The lowest BCUT2D eigenvalue weighted by atomic mass is 10.3. The highest BCUT2D eigenvalue weighted by Gasteiger charge is 2.09. The highest BCUT2D eigenvalue weighted by molar-refractivity contribution is 6.30. The summed E-state index contributed by atoms with van der Waals surface area (Å²) in [5.74, 6) is 0.262. The molecule has 0 bridgehead atoms. The van der Waals surface area contributed by atoms with E-state index in [0.29, 0.717) is 23.1 Å². The number of nitrogens with zero attached hydrogens (tertiary/aromatic N) is 1.